The van der Waals surface area contributed by atoms with Crippen molar-refractivity contribution in [2.45, 2.75) is 9.90 Å². The van der Waals surface area contributed by atoms with Gasteiger partial charge in [0.05, 0.1) is 49.8 Å². The molecule has 0 radical (unpaired) electrons. The SMILES string of the molecule is c1ccc(C2(c3ccccc3)Sc3nc4ccccc4n3-c3ccc(-n4c5ccc(-n6c7ccccc7c7ccccc76)cc5c5cc(-n6c7ccccc7c7ccccc76)ccc54)cc32)cc1. The number of rotatable bonds is 5. The van der Waals surface area contributed by atoms with Gasteiger partial charge in [0.1, 0.15) is 4.75 Å². The highest BCUT2D eigenvalue weighted by Crippen LogP contribution is 2.57. The van der Waals surface area contributed by atoms with Gasteiger partial charge in [0.25, 0.3) is 0 Å². The number of hydrogen-bond donors (Lipinski definition) is 0. The molecule has 0 spiro atoms. The molecule has 0 saturated carbocycles. The summed E-state index contributed by atoms with van der Waals surface area (Å²) in [6.45, 7) is 0. The first-order chi connectivity index (χ1) is 33.7. The van der Waals surface area contributed by atoms with Crippen LogP contribution in [0.2, 0.25) is 0 Å². The van der Waals surface area contributed by atoms with Gasteiger partial charge in [-0.25, -0.2) is 4.98 Å². The van der Waals surface area contributed by atoms with E-state index in [9.17, 15) is 0 Å². The van der Waals surface area contributed by atoms with Crippen molar-refractivity contribution in [2.24, 2.45) is 0 Å². The first-order valence-corrected chi connectivity index (χ1v) is 24.0. The monoisotopic (exact) mass is 885 g/mol. The van der Waals surface area contributed by atoms with Crippen LogP contribution in [0, 0.1) is 0 Å². The fourth-order valence-electron chi connectivity index (χ4n) is 11.5. The van der Waals surface area contributed by atoms with Gasteiger partial charge in [0.2, 0.25) is 0 Å². The zero-order valence-corrected chi connectivity index (χ0v) is 37.5. The lowest BCUT2D eigenvalue weighted by atomic mass is 9.82. The van der Waals surface area contributed by atoms with Crippen LogP contribution in [0.3, 0.4) is 0 Å². The molecule has 0 unspecified atom stereocenters. The Bertz CT molecular complexity index is 4040. The van der Waals surface area contributed by atoms with Gasteiger partial charge in [-0.2, -0.15) is 0 Å². The zero-order valence-electron chi connectivity index (χ0n) is 36.7. The average Bonchev–Trinajstić information content (AvgIpc) is 4.15. The van der Waals surface area contributed by atoms with Crippen molar-refractivity contribution in [1.82, 2.24) is 23.3 Å². The van der Waals surface area contributed by atoms with E-state index >= 15 is 0 Å². The highest BCUT2D eigenvalue weighted by Gasteiger charge is 2.45. The molecule has 68 heavy (non-hydrogen) atoms. The Kier molecular flexibility index (Phi) is 7.86. The lowest BCUT2D eigenvalue weighted by molar-refractivity contribution is 0.798. The Morgan fingerprint density at radius 2 is 0.691 bits per heavy atom. The second-order valence-corrected chi connectivity index (χ2v) is 19.1. The minimum atomic E-state index is -0.600. The second kappa shape index (κ2) is 14.2. The molecule has 0 atom stereocenters. The van der Waals surface area contributed by atoms with E-state index in [-0.39, 0.29) is 0 Å². The molecule has 10 aromatic carbocycles. The van der Waals surface area contributed by atoms with E-state index in [1.807, 2.05) is 11.8 Å². The summed E-state index contributed by atoms with van der Waals surface area (Å²) in [6, 6.07) is 86.9. The summed E-state index contributed by atoms with van der Waals surface area (Å²) in [5.74, 6) is 0. The Hall–Kier alpha value is -8.58. The topological polar surface area (TPSA) is 32.6 Å². The molecule has 5 nitrogen and oxygen atoms in total. The van der Waals surface area contributed by atoms with Gasteiger partial charge in [0, 0.05) is 54.9 Å². The van der Waals surface area contributed by atoms with Crippen molar-refractivity contribution >= 4 is 88.2 Å². The van der Waals surface area contributed by atoms with Crippen LogP contribution < -0.4 is 0 Å². The fraction of sp³-hybridized carbons (Fsp3) is 0.0161. The van der Waals surface area contributed by atoms with Crippen LogP contribution in [0.15, 0.2) is 242 Å². The molecule has 1 aliphatic heterocycles. The molecule has 5 heterocycles. The molecule has 0 bridgehead atoms. The number of nitrogens with zero attached hydrogens (tertiary/aromatic N) is 5. The summed E-state index contributed by atoms with van der Waals surface area (Å²) >= 11 is 1.83. The van der Waals surface area contributed by atoms with Crippen molar-refractivity contribution in [3.05, 3.63) is 253 Å². The van der Waals surface area contributed by atoms with Crippen molar-refractivity contribution in [3.8, 4) is 22.7 Å². The molecule has 1 aliphatic rings. The van der Waals surface area contributed by atoms with Crippen LogP contribution in [-0.4, -0.2) is 23.3 Å². The predicted molar refractivity (Wildman–Crippen MR) is 283 cm³/mol. The van der Waals surface area contributed by atoms with Gasteiger partial charge in [-0.3, -0.25) is 4.57 Å². The van der Waals surface area contributed by atoms with Gasteiger partial charge in [0.15, 0.2) is 5.16 Å². The van der Waals surface area contributed by atoms with Gasteiger partial charge >= 0.3 is 0 Å². The maximum absolute atomic E-state index is 5.30. The normalized spacial score (nSPS) is 13.4. The summed E-state index contributed by atoms with van der Waals surface area (Å²) in [4.78, 5) is 5.30. The fourth-order valence-corrected chi connectivity index (χ4v) is 13.0. The molecule has 15 rings (SSSR count). The Morgan fingerprint density at radius 3 is 1.18 bits per heavy atom. The maximum Gasteiger partial charge on any atom is 0.175 e. The van der Waals surface area contributed by atoms with Crippen LogP contribution in [0.5, 0.6) is 0 Å². The molecular formula is C62H39N5S. The molecule has 4 aromatic heterocycles. The average molecular weight is 886 g/mol. The van der Waals surface area contributed by atoms with Crippen LogP contribution in [0.25, 0.3) is 99.2 Å². The molecule has 0 amide bonds. The van der Waals surface area contributed by atoms with Crippen LogP contribution in [0.4, 0.5) is 0 Å². The third kappa shape index (κ3) is 5.15. The lowest BCUT2D eigenvalue weighted by Crippen LogP contribution is -2.31. The molecule has 14 aromatic rings. The van der Waals surface area contributed by atoms with E-state index in [2.05, 4.69) is 255 Å². The molecular weight excluding hydrogens is 847 g/mol. The summed E-state index contributed by atoms with van der Waals surface area (Å²) in [5.41, 5.74) is 17.3. The molecule has 0 fully saturated rings. The summed E-state index contributed by atoms with van der Waals surface area (Å²) < 4.78 is 9.12. The first kappa shape index (κ1) is 37.6. The number of benzene rings is 10. The first-order valence-electron chi connectivity index (χ1n) is 23.2. The summed E-state index contributed by atoms with van der Waals surface area (Å²) in [6.07, 6.45) is 0. The smallest absolute Gasteiger partial charge is 0.175 e. The number of para-hydroxylation sites is 6. The van der Waals surface area contributed by atoms with Gasteiger partial charge in [-0.15, -0.1) is 0 Å². The van der Waals surface area contributed by atoms with Gasteiger partial charge < -0.3 is 13.7 Å². The van der Waals surface area contributed by atoms with Crippen LogP contribution in [0.1, 0.15) is 16.7 Å². The van der Waals surface area contributed by atoms with Gasteiger partial charge in [-0.05, 0) is 102 Å². The van der Waals surface area contributed by atoms with Gasteiger partial charge in [-0.1, -0.05) is 157 Å². The number of thioether (sulfide) groups is 1. The summed E-state index contributed by atoms with van der Waals surface area (Å²) in [5, 5.41) is 8.36. The third-order valence-corrected chi connectivity index (χ3v) is 15.9. The molecule has 0 saturated heterocycles. The molecule has 0 aliphatic carbocycles. The number of fused-ring (bicyclic) bond motifs is 14. The van der Waals surface area contributed by atoms with Crippen LogP contribution >= 0.6 is 11.8 Å². The maximum atomic E-state index is 5.30. The van der Waals surface area contributed by atoms with Crippen molar-refractivity contribution in [2.75, 3.05) is 0 Å². The minimum Gasteiger partial charge on any atom is -0.309 e. The van der Waals surface area contributed by atoms with Crippen molar-refractivity contribution in [3.63, 3.8) is 0 Å². The van der Waals surface area contributed by atoms with Crippen molar-refractivity contribution < 1.29 is 0 Å². The molecule has 318 valence electrons. The predicted octanol–water partition coefficient (Wildman–Crippen LogP) is 15.7. The zero-order chi connectivity index (χ0) is 44.5. The van der Waals surface area contributed by atoms with E-state index < -0.39 is 4.75 Å². The number of hydrogen-bond acceptors (Lipinski definition) is 2. The quantitative estimate of drug-likeness (QED) is 0.172. The number of aromatic nitrogens is 5. The van der Waals surface area contributed by atoms with E-state index in [0.29, 0.717) is 0 Å². The standard InChI is InChI=1S/C62H39N5S/c1-3-17-40(18-4-1)62(41-19-5-2-6-20-41)51-39-44(33-36-59(51)67-60-30-16-11-25-52(60)63-61(67)68-62)66-57-34-31-42(64-53-26-12-7-21-45(53)46-22-8-13-27-54(46)64)37-49(57)50-38-43(32-35-58(50)66)65-55-28-14-9-23-47(55)48-24-10-15-29-56(48)65/h1-39H. The molecule has 6 heteroatoms. The highest BCUT2D eigenvalue weighted by atomic mass is 32.2. The minimum absolute atomic E-state index is 0.600. The largest absolute Gasteiger partial charge is 0.309 e. The Morgan fingerprint density at radius 1 is 0.309 bits per heavy atom. The van der Waals surface area contributed by atoms with E-state index in [0.717, 1.165) is 50.0 Å². The summed E-state index contributed by atoms with van der Waals surface area (Å²) in [7, 11) is 0. The van der Waals surface area contributed by atoms with E-state index in [4.69, 9.17) is 4.98 Å². The second-order valence-electron chi connectivity index (χ2n) is 17.9. The van der Waals surface area contributed by atoms with E-state index in [1.54, 1.807) is 0 Å². The highest BCUT2D eigenvalue weighted by molar-refractivity contribution is 8.00. The van der Waals surface area contributed by atoms with Crippen LogP contribution in [-0.2, 0) is 4.75 Å². The van der Waals surface area contributed by atoms with Crippen molar-refractivity contribution in [1.29, 1.82) is 0 Å². The van der Waals surface area contributed by atoms with E-state index in [1.165, 1.54) is 71.1 Å². The lowest BCUT2D eigenvalue weighted by Gasteiger charge is -2.40. The number of imidazole rings is 1. The third-order valence-electron chi connectivity index (χ3n) is 14.4. The Balaban J connectivity index is 1.04. The Labute approximate surface area is 395 Å². The molecule has 0 N–H and O–H groups in total.